The minimum absolute atomic E-state index is 0.0474. The van der Waals surface area contributed by atoms with Crippen molar-refractivity contribution in [2.24, 2.45) is 0 Å². The van der Waals surface area contributed by atoms with Crippen LogP contribution in [0.4, 0.5) is 10.8 Å². The van der Waals surface area contributed by atoms with E-state index in [9.17, 15) is 4.79 Å². The second-order valence-electron chi connectivity index (χ2n) is 6.23. The van der Waals surface area contributed by atoms with Gasteiger partial charge in [0.25, 0.3) is 0 Å². The van der Waals surface area contributed by atoms with Gasteiger partial charge in [-0.1, -0.05) is 30.0 Å². The Balaban J connectivity index is 1.50. The van der Waals surface area contributed by atoms with Gasteiger partial charge in [0.2, 0.25) is 5.91 Å². The van der Waals surface area contributed by atoms with Crippen LogP contribution >= 0.6 is 23.1 Å². The fourth-order valence-corrected chi connectivity index (χ4v) is 4.75. The van der Waals surface area contributed by atoms with Crippen LogP contribution in [0.15, 0.2) is 40.9 Å². The number of amides is 1. The molecule has 6 nitrogen and oxygen atoms in total. The van der Waals surface area contributed by atoms with Crippen LogP contribution in [0, 0.1) is 6.92 Å². The van der Waals surface area contributed by atoms with Crippen LogP contribution in [-0.2, 0) is 10.5 Å². The van der Waals surface area contributed by atoms with Gasteiger partial charge in [-0.15, -0.1) is 21.5 Å². The third-order valence-corrected chi connectivity index (χ3v) is 6.01. The maximum atomic E-state index is 12.1. The number of aryl methyl sites for hydroxylation is 1. The molecule has 0 atom stereocenters. The fraction of sp³-hybridized carbons (Fsp3) is 0.333. The predicted octanol–water partition coefficient (Wildman–Crippen LogP) is 4.35. The van der Waals surface area contributed by atoms with E-state index in [-0.39, 0.29) is 5.91 Å². The maximum absolute atomic E-state index is 12.1. The average Bonchev–Trinajstić information content (AvgIpc) is 3.24. The van der Waals surface area contributed by atoms with Gasteiger partial charge in [-0.2, -0.15) is 0 Å². The highest BCUT2D eigenvalue weighted by Crippen LogP contribution is 2.39. The number of thiazole rings is 1. The van der Waals surface area contributed by atoms with E-state index >= 15 is 0 Å². The molecule has 0 unspecified atom stereocenters. The number of aromatic nitrogens is 4. The van der Waals surface area contributed by atoms with E-state index in [1.807, 2.05) is 42.6 Å². The zero-order chi connectivity index (χ0) is 18.1. The van der Waals surface area contributed by atoms with Crippen molar-refractivity contribution in [2.75, 3.05) is 4.90 Å². The van der Waals surface area contributed by atoms with Crippen molar-refractivity contribution in [1.29, 1.82) is 0 Å². The van der Waals surface area contributed by atoms with E-state index in [0.29, 0.717) is 16.9 Å². The number of para-hydroxylation sites is 1. The highest BCUT2D eigenvalue weighted by molar-refractivity contribution is 7.98. The van der Waals surface area contributed by atoms with Gasteiger partial charge >= 0.3 is 0 Å². The van der Waals surface area contributed by atoms with Gasteiger partial charge in [0, 0.05) is 24.1 Å². The zero-order valence-corrected chi connectivity index (χ0v) is 16.3. The Kier molecular flexibility index (Phi) is 4.78. The van der Waals surface area contributed by atoms with E-state index in [1.54, 1.807) is 23.6 Å². The summed E-state index contributed by atoms with van der Waals surface area (Å²) < 4.78 is 2.23. The largest absolute Gasteiger partial charge is 0.303 e. The van der Waals surface area contributed by atoms with Crippen LogP contribution in [0.2, 0.25) is 0 Å². The summed E-state index contributed by atoms with van der Waals surface area (Å²) in [5, 5.41) is 12.2. The van der Waals surface area contributed by atoms with Crippen LogP contribution in [0.5, 0.6) is 0 Å². The molecule has 1 amide bonds. The molecule has 1 aromatic carbocycles. The molecule has 0 spiro atoms. The van der Waals surface area contributed by atoms with Crippen LogP contribution in [-0.4, -0.2) is 25.7 Å². The summed E-state index contributed by atoms with van der Waals surface area (Å²) in [5.74, 6) is 1.64. The minimum atomic E-state index is -0.0474. The van der Waals surface area contributed by atoms with E-state index in [0.717, 1.165) is 22.4 Å². The average molecular weight is 386 g/mol. The Morgan fingerprint density at radius 2 is 2.08 bits per heavy atom. The van der Waals surface area contributed by atoms with Crippen LogP contribution < -0.4 is 4.90 Å². The summed E-state index contributed by atoms with van der Waals surface area (Å²) in [6.07, 6.45) is 2.41. The van der Waals surface area contributed by atoms with E-state index in [2.05, 4.69) is 19.7 Å². The number of anilines is 2. The summed E-state index contributed by atoms with van der Waals surface area (Å²) >= 11 is 3.13. The summed E-state index contributed by atoms with van der Waals surface area (Å²) in [7, 11) is 0. The highest BCUT2D eigenvalue weighted by Gasteiger charge is 2.28. The van der Waals surface area contributed by atoms with E-state index in [1.165, 1.54) is 24.2 Å². The van der Waals surface area contributed by atoms with Gasteiger partial charge in [-0.05, 0) is 31.9 Å². The molecule has 8 heteroatoms. The van der Waals surface area contributed by atoms with E-state index < -0.39 is 0 Å². The van der Waals surface area contributed by atoms with Gasteiger partial charge in [-0.25, -0.2) is 4.98 Å². The molecule has 0 saturated heterocycles. The quantitative estimate of drug-likeness (QED) is 0.590. The van der Waals surface area contributed by atoms with Gasteiger partial charge in [0.05, 0.1) is 11.4 Å². The number of hydrogen-bond donors (Lipinski definition) is 0. The normalized spacial score (nSPS) is 13.8. The number of thioether (sulfide) groups is 1. The summed E-state index contributed by atoms with van der Waals surface area (Å²) in [6, 6.07) is 10.2. The molecule has 1 fully saturated rings. The lowest BCUT2D eigenvalue weighted by molar-refractivity contribution is -0.115. The van der Waals surface area contributed by atoms with Gasteiger partial charge in [0.15, 0.2) is 10.3 Å². The van der Waals surface area contributed by atoms with Crippen molar-refractivity contribution in [2.45, 2.75) is 43.6 Å². The Bertz CT molecular complexity index is 917. The lowest BCUT2D eigenvalue weighted by atomic mass is 10.3. The highest BCUT2D eigenvalue weighted by atomic mass is 32.2. The van der Waals surface area contributed by atoms with Crippen molar-refractivity contribution in [3.63, 3.8) is 0 Å². The Morgan fingerprint density at radius 3 is 2.77 bits per heavy atom. The van der Waals surface area contributed by atoms with Crippen molar-refractivity contribution in [1.82, 2.24) is 19.7 Å². The molecule has 1 aliphatic rings. The SMILES string of the molecule is CC(=O)N(c1ccccc1)c1nc(CSc2nnc(C)n2C2CC2)cs1. The number of hydrogen-bond acceptors (Lipinski definition) is 6. The number of nitrogens with zero attached hydrogens (tertiary/aromatic N) is 5. The van der Waals surface area contributed by atoms with Crippen molar-refractivity contribution in [3.8, 4) is 0 Å². The molecule has 0 aliphatic heterocycles. The van der Waals surface area contributed by atoms with Crippen molar-refractivity contribution >= 4 is 39.8 Å². The monoisotopic (exact) mass is 385 g/mol. The third kappa shape index (κ3) is 3.52. The molecule has 0 bridgehead atoms. The Labute approximate surface area is 160 Å². The smallest absolute Gasteiger partial charge is 0.230 e. The molecular formula is C18H19N5OS2. The number of carbonyl (C=O) groups excluding carboxylic acids is 1. The third-order valence-electron chi connectivity index (χ3n) is 4.16. The van der Waals surface area contributed by atoms with Gasteiger partial charge < -0.3 is 4.57 Å². The Hall–Kier alpha value is -2.19. The first-order chi connectivity index (χ1) is 12.6. The van der Waals surface area contributed by atoms with Crippen LogP contribution in [0.3, 0.4) is 0 Å². The maximum Gasteiger partial charge on any atom is 0.230 e. The fourth-order valence-electron chi connectivity index (χ4n) is 2.81. The number of benzene rings is 1. The standard InChI is InChI=1S/C18H19N5OS2/c1-12-20-21-18(22(12)16-8-9-16)26-11-14-10-25-17(19-14)23(13(2)24)15-6-4-3-5-7-15/h3-7,10,16H,8-9,11H2,1-2H3. The summed E-state index contributed by atoms with van der Waals surface area (Å²) in [4.78, 5) is 18.4. The second kappa shape index (κ2) is 7.20. The first-order valence-electron chi connectivity index (χ1n) is 8.48. The molecule has 3 aromatic rings. The molecule has 0 N–H and O–H groups in total. The second-order valence-corrected chi connectivity index (χ2v) is 8.01. The molecule has 26 heavy (non-hydrogen) atoms. The molecular weight excluding hydrogens is 366 g/mol. The predicted molar refractivity (Wildman–Crippen MR) is 104 cm³/mol. The van der Waals surface area contributed by atoms with Crippen molar-refractivity contribution in [3.05, 3.63) is 47.2 Å². The molecule has 2 aromatic heterocycles. The summed E-state index contributed by atoms with van der Waals surface area (Å²) in [6.45, 7) is 3.56. The number of rotatable bonds is 6. The Morgan fingerprint density at radius 1 is 1.31 bits per heavy atom. The first-order valence-corrected chi connectivity index (χ1v) is 10.3. The molecule has 1 saturated carbocycles. The molecule has 134 valence electrons. The number of carbonyl (C=O) groups is 1. The van der Waals surface area contributed by atoms with E-state index in [4.69, 9.17) is 0 Å². The molecule has 4 rings (SSSR count). The lowest BCUT2D eigenvalue weighted by Crippen LogP contribution is -2.22. The molecule has 1 aliphatic carbocycles. The zero-order valence-electron chi connectivity index (χ0n) is 14.6. The van der Waals surface area contributed by atoms with Gasteiger partial charge in [-0.3, -0.25) is 9.69 Å². The molecule has 2 heterocycles. The minimum Gasteiger partial charge on any atom is -0.303 e. The summed E-state index contributed by atoms with van der Waals surface area (Å²) in [5.41, 5.74) is 1.78. The first kappa shape index (κ1) is 17.2. The van der Waals surface area contributed by atoms with Gasteiger partial charge in [0.1, 0.15) is 5.82 Å². The van der Waals surface area contributed by atoms with Crippen molar-refractivity contribution < 1.29 is 4.79 Å². The molecule has 0 radical (unpaired) electrons. The topological polar surface area (TPSA) is 63.9 Å². The van der Waals surface area contributed by atoms with Crippen LogP contribution in [0.1, 0.15) is 37.3 Å². The lowest BCUT2D eigenvalue weighted by Gasteiger charge is -2.17. The van der Waals surface area contributed by atoms with Crippen LogP contribution in [0.25, 0.3) is 0 Å².